The normalized spacial score (nSPS) is 25.2. The van der Waals surface area contributed by atoms with Gasteiger partial charge < -0.3 is 5.32 Å². The van der Waals surface area contributed by atoms with Crippen LogP contribution in [0.15, 0.2) is 48.5 Å². The van der Waals surface area contributed by atoms with Crippen LogP contribution in [0.25, 0.3) is 0 Å². The fourth-order valence-corrected chi connectivity index (χ4v) is 4.81. The van der Waals surface area contributed by atoms with Crippen molar-refractivity contribution in [3.05, 3.63) is 59.1 Å². The number of hydrogen-bond donors (Lipinski definition) is 1. The van der Waals surface area contributed by atoms with E-state index in [1.807, 2.05) is 20.8 Å². The monoisotopic (exact) mass is 410 g/mol. The maximum Gasteiger partial charge on any atom is 0.255 e. The lowest BCUT2D eigenvalue weighted by molar-refractivity contribution is -0.146. The molecule has 0 spiro atoms. The van der Waals surface area contributed by atoms with E-state index in [1.54, 1.807) is 48.5 Å². The topological polar surface area (TPSA) is 66.5 Å². The molecule has 1 saturated carbocycles. The van der Waals surface area contributed by atoms with Crippen LogP contribution in [-0.4, -0.2) is 17.7 Å². The van der Waals surface area contributed by atoms with Gasteiger partial charge in [0.25, 0.3) is 5.91 Å². The van der Waals surface area contributed by atoms with Gasteiger partial charge in [0.05, 0.1) is 11.1 Å². The first kappa shape index (κ1) is 19.6. The van der Waals surface area contributed by atoms with E-state index in [4.69, 9.17) is 11.6 Å². The molecule has 1 aliphatic carbocycles. The second-order valence-corrected chi connectivity index (χ2v) is 9.08. The van der Waals surface area contributed by atoms with E-state index in [-0.39, 0.29) is 29.1 Å². The highest BCUT2D eigenvalue weighted by molar-refractivity contribution is 6.31. The molecule has 1 N–H and O–H groups in total. The van der Waals surface area contributed by atoms with Gasteiger partial charge in [0.1, 0.15) is 0 Å². The van der Waals surface area contributed by atoms with Crippen LogP contribution in [0.2, 0.25) is 5.02 Å². The number of carbonyl (C=O) groups is 3. The van der Waals surface area contributed by atoms with Crippen molar-refractivity contribution in [1.82, 2.24) is 0 Å². The van der Waals surface area contributed by atoms with Gasteiger partial charge in [-0.05, 0) is 54.7 Å². The number of nitrogens with one attached hydrogen (secondary N) is 1. The Kier molecular flexibility index (Phi) is 4.54. The van der Waals surface area contributed by atoms with Crippen LogP contribution in [0, 0.1) is 16.7 Å². The van der Waals surface area contributed by atoms with Gasteiger partial charge in [0.15, 0.2) is 0 Å². The van der Waals surface area contributed by atoms with Crippen LogP contribution in [0.1, 0.15) is 44.0 Å². The number of piperidine rings is 1. The van der Waals surface area contributed by atoms with Crippen LogP contribution in [0.5, 0.6) is 0 Å². The molecule has 2 aromatic carbocycles. The minimum atomic E-state index is -0.593. The highest BCUT2D eigenvalue weighted by atomic mass is 35.5. The number of imide groups is 1. The first-order valence-electron chi connectivity index (χ1n) is 9.70. The lowest BCUT2D eigenvalue weighted by Crippen LogP contribution is -2.59. The Bertz CT molecular complexity index is 1030. The van der Waals surface area contributed by atoms with Crippen LogP contribution < -0.4 is 10.2 Å². The molecule has 29 heavy (non-hydrogen) atoms. The standard InChI is InChI=1S/C23H23ClN2O3/c1-22(2)18-10-11-23(22,3)21(29)26(20(18)28)17-9-4-6-14(12-17)19(27)25-16-8-5-7-15(24)13-16/h4-9,12-13,18H,10-11H2,1-3H3,(H,25,27)/t18-,23+/m0/s1. The maximum absolute atomic E-state index is 13.3. The first-order valence-corrected chi connectivity index (χ1v) is 10.1. The van der Waals surface area contributed by atoms with E-state index >= 15 is 0 Å². The second-order valence-electron chi connectivity index (χ2n) is 8.64. The number of hydrogen-bond acceptors (Lipinski definition) is 3. The smallest absolute Gasteiger partial charge is 0.255 e. The van der Waals surface area contributed by atoms with E-state index in [9.17, 15) is 14.4 Å². The molecule has 0 unspecified atom stereocenters. The number of halogens is 1. The fraction of sp³-hybridized carbons (Fsp3) is 0.348. The van der Waals surface area contributed by atoms with Crippen LogP contribution >= 0.6 is 11.6 Å². The molecular formula is C23H23ClN2O3. The van der Waals surface area contributed by atoms with Gasteiger partial charge in [-0.3, -0.25) is 14.4 Å². The molecule has 1 heterocycles. The number of benzene rings is 2. The van der Waals surface area contributed by atoms with E-state index < -0.39 is 5.41 Å². The Hall–Kier alpha value is -2.66. The van der Waals surface area contributed by atoms with Gasteiger partial charge in [0, 0.05) is 22.2 Å². The Labute approximate surface area is 175 Å². The van der Waals surface area contributed by atoms with Crippen LogP contribution in [-0.2, 0) is 9.59 Å². The summed E-state index contributed by atoms with van der Waals surface area (Å²) in [7, 11) is 0. The SMILES string of the molecule is CC1(C)[C@H]2CC[C@]1(C)C(=O)N(c1cccc(C(=O)Nc3cccc(Cl)c3)c1)C2=O. The predicted octanol–water partition coefficient (Wildman–Crippen LogP) is 4.91. The van der Waals surface area contributed by atoms with Crippen molar-refractivity contribution in [3.8, 4) is 0 Å². The summed E-state index contributed by atoms with van der Waals surface area (Å²) in [6.45, 7) is 5.96. The molecule has 2 aliphatic rings. The summed E-state index contributed by atoms with van der Waals surface area (Å²) in [6.07, 6.45) is 1.40. The summed E-state index contributed by atoms with van der Waals surface area (Å²) >= 11 is 5.97. The molecule has 0 aromatic heterocycles. The van der Waals surface area contributed by atoms with Crippen molar-refractivity contribution in [1.29, 1.82) is 0 Å². The summed E-state index contributed by atoms with van der Waals surface area (Å²) in [5.74, 6) is -0.897. The second kappa shape index (κ2) is 6.70. The predicted molar refractivity (Wildman–Crippen MR) is 113 cm³/mol. The molecule has 4 rings (SSSR count). The fourth-order valence-electron chi connectivity index (χ4n) is 4.62. The van der Waals surface area contributed by atoms with Gasteiger partial charge in [-0.15, -0.1) is 0 Å². The minimum Gasteiger partial charge on any atom is -0.322 e. The maximum atomic E-state index is 13.3. The van der Waals surface area contributed by atoms with Crippen molar-refractivity contribution in [3.63, 3.8) is 0 Å². The van der Waals surface area contributed by atoms with E-state index in [0.717, 1.165) is 0 Å². The van der Waals surface area contributed by atoms with E-state index in [2.05, 4.69) is 5.32 Å². The highest BCUT2D eigenvalue weighted by Gasteiger charge is 2.64. The van der Waals surface area contributed by atoms with Crippen molar-refractivity contribution >= 4 is 40.7 Å². The molecule has 3 amide bonds. The molecule has 0 radical (unpaired) electrons. The molecule has 5 nitrogen and oxygen atoms in total. The Morgan fingerprint density at radius 3 is 2.55 bits per heavy atom. The van der Waals surface area contributed by atoms with Gasteiger partial charge in [-0.25, -0.2) is 4.90 Å². The molecule has 2 fully saturated rings. The number of fused-ring (bicyclic) bond motifs is 2. The zero-order valence-corrected chi connectivity index (χ0v) is 17.4. The van der Waals surface area contributed by atoms with Crippen molar-refractivity contribution in [2.45, 2.75) is 33.6 Å². The zero-order valence-electron chi connectivity index (χ0n) is 16.7. The summed E-state index contributed by atoms with van der Waals surface area (Å²) in [5, 5.41) is 3.31. The third kappa shape index (κ3) is 2.96. The van der Waals surface area contributed by atoms with Gasteiger partial charge in [0.2, 0.25) is 11.8 Å². The lowest BCUT2D eigenvalue weighted by Gasteiger charge is -2.47. The molecule has 2 atom stereocenters. The third-order valence-electron chi connectivity index (χ3n) is 6.87. The van der Waals surface area contributed by atoms with Crippen molar-refractivity contribution in [2.75, 3.05) is 10.2 Å². The Morgan fingerprint density at radius 1 is 1.10 bits per heavy atom. The van der Waals surface area contributed by atoms with Crippen molar-refractivity contribution < 1.29 is 14.4 Å². The van der Waals surface area contributed by atoms with E-state index in [0.29, 0.717) is 34.8 Å². The molecule has 6 heteroatoms. The van der Waals surface area contributed by atoms with Crippen molar-refractivity contribution in [2.24, 2.45) is 16.7 Å². The largest absolute Gasteiger partial charge is 0.322 e. The molecule has 2 bridgehead atoms. The first-order chi connectivity index (χ1) is 13.6. The zero-order chi connectivity index (χ0) is 21.0. The summed E-state index contributed by atoms with van der Waals surface area (Å²) in [4.78, 5) is 40.4. The molecule has 150 valence electrons. The number of nitrogens with zero attached hydrogens (tertiary/aromatic N) is 1. The average molecular weight is 411 g/mol. The molecule has 1 saturated heterocycles. The molecule has 1 aliphatic heterocycles. The van der Waals surface area contributed by atoms with E-state index in [1.165, 1.54) is 4.90 Å². The third-order valence-corrected chi connectivity index (χ3v) is 7.10. The molecular weight excluding hydrogens is 388 g/mol. The summed E-state index contributed by atoms with van der Waals surface area (Å²) < 4.78 is 0. The summed E-state index contributed by atoms with van der Waals surface area (Å²) in [6, 6.07) is 13.5. The number of anilines is 2. The Morgan fingerprint density at radius 2 is 1.83 bits per heavy atom. The van der Waals surface area contributed by atoms with Crippen LogP contribution in [0.4, 0.5) is 11.4 Å². The minimum absolute atomic E-state index is 0.178. The number of rotatable bonds is 3. The van der Waals surface area contributed by atoms with Gasteiger partial charge in [-0.2, -0.15) is 0 Å². The van der Waals surface area contributed by atoms with Gasteiger partial charge in [-0.1, -0.05) is 44.5 Å². The highest BCUT2D eigenvalue weighted by Crippen LogP contribution is 2.60. The Balaban J connectivity index is 1.65. The number of amides is 3. The average Bonchev–Trinajstić information content (AvgIpc) is 2.85. The van der Waals surface area contributed by atoms with Gasteiger partial charge >= 0.3 is 0 Å². The summed E-state index contributed by atoms with van der Waals surface area (Å²) in [5.41, 5.74) is 0.409. The number of carbonyl (C=O) groups excluding carboxylic acids is 3. The van der Waals surface area contributed by atoms with Crippen LogP contribution in [0.3, 0.4) is 0 Å². The quantitative estimate of drug-likeness (QED) is 0.731. The molecule has 2 aromatic rings. The lowest BCUT2D eigenvalue weighted by atomic mass is 9.62.